The van der Waals surface area contributed by atoms with Gasteiger partial charge in [-0.15, -0.1) is 0 Å². The van der Waals surface area contributed by atoms with Crippen molar-refractivity contribution >= 4 is 11.9 Å². The normalized spacial score (nSPS) is 17.2. The molecule has 0 spiro atoms. The minimum Gasteiger partial charge on any atom is -0.493 e. The number of fused-ring (bicyclic) bond motifs is 1. The molecule has 7 nitrogen and oxygen atoms in total. The average molecular weight is 440 g/mol. The van der Waals surface area contributed by atoms with Gasteiger partial charge in [0.25, 0.3) is 0 Å². The third-order valence-electron chi connectivity index (χ3n) is 6.60. The van der Waals surface area contributed by atoms with Gasteiger partial charge in [-0.1, -0.05) is 32.4 Å². The number of hydrogen-bond donors (Lipinski definition) is 1. The largest absolute Gasteiger partial charge is 0.493 e. The predicted octanol–water partition coefficient (Wildman–Crippen LogP) is 4.70. The number of methoxy groups -OCH3 is 2. The first-order valence-corrected chi connectivity index (χ1v) is 10.8. The standard InChI is InChI=1S/C25H28O7/c1-14(2)22(25(24(27)28)11-6-12-25)32-20-16(9-10-19(29-3)21(20)30-4)15-7-5-8-17-18(15)13-31-23(17)26/h5,7-10,14,22H,6,11-13H2,1-4H3,(H,27,28). The van der Waals surface area contributed by atoms with E-state index in [1.807, 2.05) is 26.0 Å². The summed E-state index contributed by atoms with van der Waals surface area (Å²) in [5.74, 6) is 0.0204. The van der Waals surface area contributed by atoms with Crippen molar-refractivity contribution in [3.8, 4) is 28.4 Å². The van der Waals surface area contributed by atoms with Crippen LogP contribution < -0.4 is 14.2 Å². The Hall–Kier alpha value is -3.22. The summed E-state index contributed by atoms with van der Waals surface area (Å²) in [5.41, 5.74) is 1.82. The van der Waals surface area contributed by atoms with Crippen LogP contribution in [0.2, 0.25) is 0 Å². The molecule has 4 rings (SSSR count). The molecule has 1 atom stereocenters. The van der Waals surface area contributed by atoms with Crippen LogP contribution in [0.15, 0.2) is 30.3 Å². The molecule has 1 heterocycles. The zero-order valence-electron chi connectivity index (χ0n) is 18.8. The van der Waals surface area contributed by atoms with Crippen LogP contribution in [0.4, 0.5) is 0 Å². The topological polar surface area (TPSA) is 91.3 Å². The number of benzene rings is 2. The summed E-state index contributed by atoms with van der Waals surface area (Å²) in [6.07, 6.45) is 1.42. The fourth-order valence-corrected chi connectivity index (χ4v) is 4.82. The first kappa shape index (κ1) is 22.0. The van der Waals surface area contributed by atoms with Crippen LogP contribution in [0.3, 0.4) is 0 Å². The molecule has 0 saturated heterocycles. The Morgan fingerprint density at radius 1 is 1.03 bits per heavy atom. The third kappa shape index (κ3) is 3.36. The Bertz CT molecular complexity index is 1050. The van der Waals surface area contributed by atoms with Gasteiger partial charge in [-0.05, 0) is 42.5 Å². The molecular formula is C25H28O7. The molecule has 2 aromatic rings. The van der Waals surface area contributed by atoms with Crippen LogP contribution in [0.25, 0.3) is 11.1 Å². The lowest BCUT2D eigenvalue weighted by molar-refractivity contribution is -0.166. The number of ether oxygens (including phenoxy) is 4. The number of carbonyl (C=O) groups excluding carboxylic acids is 1. The van der Waals surface area contributed by atoms with Crippen LogP contribution in [0.1, 0.15) is 49.0 Å². The van der Waals surface area contributed by atoms with Crippen molar-refractivity contribution < 1.29 is 33.6 Å². The van der Waals surface area contributed by atoms with Gasteiger partial charge in [-0.2, -0.15) is 0 Å². The monoisotopic (exact) mass is 440 g/mol. The van der Waals surface area contributed by atoms with Crippen molar-refractivity contribution in [2.45, 2.75) is 45.8 Å². The lowest BCUT2D eigenvalue weighted by Crippen LogP contribution is -2.52. The number of carbonyl (C=O) groups is 2. The molecule has 0 bridgehead atoms. The van der Waals surface area contributed by atoms with Crippen LogP contribution in [0, 0.1) is 11.3 Å². The van der Waals surface area contributed by atoms with E-state index in [2.05, 4.69) is 0 Å². The number of carboxylic acid groups (broad SMARTS) is 1. The van der Waals surface area contributed by atoms with Crippen molar-refractivity contribution in [2.75, 3.05) is 14.2 Å². The van der Waals surface area contributed by atoms with Crippen molar-refractivity contribution in [2.24, 2.45) is 11.3 Å². The zero-order valence-corrected chi connectivity index (χ0v) is 18.8. The summed E-state index contributed by atoms with van der Waals surface area (Å²) in [5, 5.41) is 10.1. The van der Waals surface area contributed by atoms with Gasteiger partial charge in [0.05, 0.1) is 19.8 Å². The number of rotatable bonds is 8. The molecule has 2 aliphatic rings. The molecule has 32 heavy (non-hydrogen) atoms. The molecule has 1 N–H and O–H groups in total. The van der Waals surface area contributed by atoms with Gasteiger partial charge in [0.2, 0.25) is 5.75 Å². The quantitative estimate of drug-likeness (QED) is 0.595. The highest BCUT2D eigenvalue weighted by Gasteiger charge is 2.53. The average Bonchev–Trinajstić information content (AvgIpc) is 3.12. The summed E-state index contributed by atoms with van der Waals surface area (Å²) < 4.78 is 23.0. The zero-order chi connectivity index (χ0) is 23.0. The summed E-state index contributed by atoms with van der Waals surface area (Å²) in [4.78, 5) is 24.4. The van der Waals surface area contributed by atoms with E-state index in [4.69, 9.17) is 18.9 Å². The van der Waals surface area contributed by atoms with Gasteiger partial charge in [0.15, 0.2) is 11.5 Å². The van der Waals surface area contributed by atoms with E-state index in [1.54, 1.807) is 25.3 Å². The predicted molar refractivity (Wildman–Crippen MR) is 117 cm³/mol. The van der Waals surface area contributed by atoms with E-state index in [9.17, 15) is 14.7 Å². The lowest BCUT2D eigenvalue weighted by atomic mass is 9.62. The van der Waals surface area contributed by atoms with Gasteiger partial charge in [0, 0.05) is 11.1 Å². The number of carboxylic acids is 1. The summed E-state index contributed by atoms with van der Waals surface area (Å²) in [6.45, 7) is 4.10. The molecule has 0 radical (unpaired) electrons. The maximum absolute atomic E-state index is 12.3. The molecule has 0 aromatic heterocycles. The molecule has 1 fully saturated rings. The van der Waals surface area contributed by atoms with E-state index < -0.39 is 17.5 Å². The number of hydrogen-bond acceptors (Lipinski definition) is 6. The van der Waals surface area contributed by atoms with E-state index in [0.717, 1.165) is 17.5 Å². The number of aliphatic carboxylic acids is 1. The Labute approximate surface area is 187 Å². The van der Waals surface area contributed by atoms with E-state index in [1.165, 1.54) is 7.11 Å². The van der Waals surface area contributed by atoms with Gasteiger partial charge >= 0.3 is 11.9 Å². The van der Waals surface area contributed by atoms with Crippen molar-refractivity contribution in [1.82, 2.24) is 0 Å². The Morgan fingerprint density at radius 3 is 2.31 bits per heavy atom. The highest BCUT2D eigenvalue weighted by Crippen LogP contribution is 2.52. The van der Waals surface area contributed by atoms with Crippen LogP contribution >= 0.6 is 0 Å². The Morgan fingerprint density at radius 2 is 1.75 bits per heavy atom. The highest BCUT2D eigenvalue weighted by molar-refractivity contribution is 5.96. The second kappa shape index (κ2) is 8.37. The number of esters is 1. The SMILES string of the molecule is COc1ccc(-c2cccc3c2COC3=O)c(OC(C(C)C)C2(C(=O)O)CCC2)c1OC. The van der Waals surface area contributed by atoms with Crippen molar-refractivity contribution in [3.05, 3.63) is 41.5 Å². The van der Waals surface area contributed by atoms with Crippen molar-refractivity contribution in [1.29, 1.82) is 0 Å². The molecule has 1 aliphatic carbocycles. The van der Waals surface area contributed by atoms with Crippen LogP contribution in [0.5, 0.6) is 17.2 Å². The van der Waals surface area contributed by atoms with E-state index in [0.29, 0.717) is 41.2 Å². The molecule has 1 saturated carbocycles. The smallest absolute Gasteiger partial charge is 0.338 e. The summed E-state index contributed by atoms with van der Waals surface area (Å²) >= 11 is 0. The Kier molecular flexibility index (Phi) is 5.75. The van der Waals surface area contributed by atoms with Gasteiger partial charge < -0.3 is 24.1 Å². The Balaban J connectivity index is 1.90. The molecule has 7 heteroatoms. The fourth-order valence-electron chi connectivity index (χ4n) is 4.82. The van der Waals surface area contributed by atoms with Crippen LogP contribution in [-0.4, -0.2) is 37.4 Å². The van der Waals surface area contributed by atoms with E-state index in [-0.39, 0.29) is 18.5 Å². The molecule has 2 aromatic carbocycles. The van der Waals surface area contributed by atoms with Crippen molar-refractivity contribution in [3.63, 3.8) is 0 Å². The second-order valence-electron chi connectivity index (χ2n) is 8.68. The minimum atomic E-state index is -0.947. The molecule has 170 valence electrons. The third-order valence-corrected chi connectivity index (χ3v) is 6.60. The molecule has 1 unspecified atom stereocenters. The maximum atomic E-state index is 12.3. The molecule has 1 aliphatic heterocycles. The first-order valence-electron chi connectivity index (χ1n) is 10.8. The maximum Gasteiger partial charge on any atom is 0.338 e. The molecular weight excluding hydrogens is 412 g/mol. The van der Waals surface area contributed by atoms with Gasteiger partial charge in [-0.3, -0.25) is 4.79 Å². The summed E-state index contributed by atoms with van der Waals surface area (Å²) in [7, 11) is 3.07. The fraction of sp³-hybridized carbons (Fsp3) is 0.440. The first-order chi connectivity index (χ1) is 15.3. The van der Waals surface area contributed by atoms with Gasteiger partial charge in [0.1, 0.15) is 18.1 Å². The minimum absolute atomic E-state index is 0.0541. The second-order valence-corrected chi connectivity index (χ2v) is 8.68. The number of cyclic esters (lactones) is 1. The van der Waals surface area contributed by atoms with Gasteiger partial charge in [-0.25, -0.2) is 4.79 Å². The van der Waals surface area contributed by atoms with Crippen LogP contribution in [-0.2, 0) is 16.1 Å². The lowest BCUT2D eigenvalue weighted by Gasteiger charge is -2.45. The van der Waals surface area contributed by atoms with E-state index >= 15 is 0 Å². The molecule has 0 amide bonds. The highest BCUT2D eigenvalue weighted by atomic mass is 16.5. The summed E-state index contributed by atoms with van der Waals surface area (Å²) in [6, 6.07) is 9.06.